The molecule has 0 bridgehead atoms. The van der Waals surface area contributed by atoms with Crippen LogP contribution in [0.3, 0.4) is 0 Å². The molecular weight excluding hydrogens is 574 g/mol. The van der Waals surface area contributed by atoms with Gasteiger partial charge in [-0.25, -0.2) is 0 Å². The highest BCUT2D eigenvalue weighted by Gasteiger charge is 2.68. The number of carbonyl (C=O) groups excluding carboxylic acids is 3. The van der Waals surface area contributed by atoms with Gasteiger partial charge in [0.25, 0.3) is 0 Å². The van der Waals surface area contributed by atoms with Crippen molar-refractivity contribution < 1.29 is 39.6 Å². The van der Waals surface area contributed by atoms with Gasteiger partial charge in [0, 0.05) is 34.6 Å². The van der Waals surface area contributed by atoms with E-state index in [-0.39, 0.29) is 34.7 Å². The third-order valence-electron chi connectivity index (χ3n) is 11.8. The fraction of sp³-hybridized carbons (Fsp3) is 0.500. The molecule has 9 nitrogen and oxygen atoms in total. The Bertz CT molecular complexity index is 1610. The molecule has 7 rings (SSSR count). The Morgan fingerprint density at radius 3 is 2.44 bits per heavy atom. The Hall–Kier alpha value is -3.66. The third kappa shape index (κ3) is 4.78. The van der Waals surface area contributed by atoms with Crippen LogP contribution in [-0.4, -0.2) is 66.6 Å². The molecule has 2 heterocycles. The second-order valence-corrected chi connectivity index (χ2v) is 13.9. The Kier molecular flexibility index (Phi) is 7.86. The van der Waals surface area contributed by atoms with E-state index in [1.54, 1.807) is 36.4 Å². The number of aliphatic carboxylic acids is 1. The monoisotopic (exact) mass is 615 g/mol. The van der Waals surface area contributed by atoms with Crippen LogP contribution >= 0.6 is 0 Å². The maximum atomic E-state index is 12.4. The maximum Gasteiger partial charge on any atom is 0.312 e. The third-order valence-corrected chi connectivity index (χ3v) is 11.8. The van der Waals surface area contributed by atoms with Gasteiger partial charge in [-0.3, -0.25) is 19.2 Å². The van der Waals surface area contributed by atoms with Gasteiger partial charge in [-0.15, -0.1) is 0 Å². The number of ketones is 3. The molecule has 1 aromatic carbocycles. The number of hydrogen-bond donors (Lipinski definition) is 4. The van der Waals surface area contributed by atoms with Crippen LogP contribution in [0.2, 0.25) is 0 Å². The minimum atomic E-state index is -1.56. The van der Waals surface area contributed by atoms with Gasteiger partial charge in [0.15, 0.2) is 11.6 Å². The summed E-state index contributed by atoms with van der Waals surface area (Å²) < 4.78 is 1.83. The number of aliphatic hydroxyl groups is 3. The molecule has 2 aromatic rings. The smallest absolute Gasteiger partial charge is 0.312 e. The summed E-state index contributed by atoms with van der Waals surface area (Å²) in [5, 5.41) is 40.8. The van der Waals surface area contributed by atoms with Crippen molar-refractivity contribution in [3.05, 3.63) is 83.2 Å². The molecule has 0 amide bonds. The van der Waals surface area contributed by atoms with Crippen molar-refractivity contribution in [3.63, 3.8) is 0 Å². The molecule has 0 spiro atoms. The van der Waals surface area contributed by atoms with Gasteiger partial charge in [-0.1, -0.05) is 55.8 Å². The molecular formula is C36H41NO8. The number of nitrogens with zero attached hydrogens (tertiary/aromatic N) is 1. The summed E-state index contributed by atoms with van der Waals surface area (Å²) in [6.07, 6.45) is 8.24. The number of rotatable bonds is 5. The van der Waals surface area contributed by atoms with Crippen molar-refractivity contribution in [1.29, 1.82) is 0 Å². The van der Waals surface area contributed by atoms with E-state index in [4.69, 9.17) is 5.11 Å². The van der Waals surface area contributed by atoms with Gasteiger partial charge in [0.1, 0.15) is 12.2 Å². The molecule has 3 saturated carbocycles. The summed E-state index contributed by atoms with van der Waals surface area (Å²) in [7, 11) is 0. The fourth-order valence-electron chi connectivity index (χ4n) is 9.55. The van der Waals surface area contributed by atoms with E-state index in [0.717, 1.165) is 30.5 Å². The van der Waals surface area contributed by atoms with Gasteiger partial charge < -0.3 is 25.0 Å². The zero-order valence-corrected chi connectivity index (χ0v) is 25.7. The first-order chi connectivity index (χ1) is 21.4. The number of aliphatic hydroxyl groups excluding tert-OH is 2. The number of carbonyl (C=O) groups is 4. The van der Waals surface area contributed by atoms with Crippen molar-refractivity contribution in [2.75, 3.05) is 6.61 Å². The highest BCUT2D eigenvalue weighted by molar-refractivity contribution is 6.08. The Balaban J connectivity index is 0.000000167. The number of allylic oxidation sites excluding steroid dienone is 4. The van der Waals surface area contributed by atoms with Crippen molar-refractivity contribution >= 4 is 23.3 Å². The molecule has 0 saturated heterocycles. The molecule has 238 valence electrons. The van der Waals surface area contributed by atoms with Crippen molar-refractivity contribution in [3.8, 4) is 0 Å². The minimum Gasteiger partial charge on any atom is -0.481 e. The Morgan fingerprint density at radius 2 is 1.76 bits per heavy atom. The number of hydrogen-bond acceptors (Lipinski definition) is 7. The summed E-state index contributed by atoms with van der Waals surface area (Å²) in [6.45, 7) is 3.93. The van der Waals surface area contributed by atoms with Crippen LogP contribution in [0.5, 0.6) is 0 Å². The highest BCUT2D eigenvalue weighted by Crippen LogP contribution is 2.67. The zero-order chi connectivity index (χ0) is 32.3. The highest BCUT2D eigenvalue weighted by atomic mass is 16.4. The van der Waals surface area contributed by atoms with Crippen molar-refractivity contribution in [1.82, 2.24) is 4.57 Å². The SMILES string of the molecule is C[C@]12C=CC(=O)C=C1CC[C@@H]1[C@@H]2[C@@H](O)C[C@@]2(C)[C@H]1CC[C@]2(O)C(=O)CO.O=C(c1ccccc1)c1ccc2n1CCC2C(=O)O. The van der Waals surface area contributed by atoms with E-state index in [1.807, 2.05) is 35.8 Å². The Morgan fingerprint density at radius 1 is 1.02 bits per heavy atom. The first-order valence-electron chi connectivity index (χ1n) is 15.9. The average molecular weight is 616 g/mol. The molecule has 3 fully saturated rings. The summed E-state index contributed by atoms with van der Waals surface area (Å²) >= 11 is 0. The van der Waals surface area contributed by atoms with Gasteiger partial charge in [-0.05, 0) is 74.6 Å². The van der Waals surface area contributed by atoms with Crippen LogP contribution in [0.4, 0.5) is 0 Å². The second-order valence-electron chi connectivity index (χ2n) is 13.9. The molecule has 45 heavy (non-hydrogen) atoms. The van der Waals surface area contributed by atoms with Gasteiger partial charge in [0.2, 0.25) is 5.78 Å². The molecule has 4 aliphatic carbocycles. The first kappa shape index (κ1) is 31.3. The molecule has 1 aromatic heterocycles. The van der Waals surface area contributed by atoms with E-state index in [0.29, 0.717) is 37.1 Å². The van der Waals surface area contributed by atoms with E-state index >= 15 is 0 Å². The minimum absolute atomic E-state index is 0.00912. The van der Waals surface area contributed by atoms with Crippen LogP contribution in [-0.2, 0) is 20.9 Å². The maximum absolute atomic E-state index is 12.4. The normalized spacial score (nSPS) is 36.1. The molecule has 4 N–H and O–H groups in total. The lowest BCUT2D eigenvalue weighted by Crippen LogP contribution is -2.61. The lowest BCUT2D eigenvalue weighted by molar-refractivity contribution is -0.178. The number of carboxylic acids is 1. The van der Waals surface area contributed by atoms with Gasteiger partial charge in [0.05, 0.1) is 17.7 Å². The number of Topliss-reactive ketones (excluding diaryl/α,β-unsaturated/α-hetero) is 1. The summed E-state index contributed by atoms with van der Waals surface area (Å²) in [5.41, 5.74) is 0.388. The number of aromatic nitrogens is 1. The fourth-order valence-corrected chi connectivity index (χ4v) is 9.55. The van der Waals surface area contributed by atoms with Crippen molar-refractivity contribution in [2.45, 2.75) is 76.5 Å². The molecule has 1 unspecified atom stereocenters. The predicted octanol–water partition coefficient (Wildman–Crippen LogP) is 3.85. The topological polar surface area (TPSA) is 154 Å². The van der Waals surface area contributed by atoms with Gasteiger partial charge in [-0.2, -0.15) is 0 Å². The molecule has 8 atom stereocenters. The Labute approximate surface area is 262 Å². The summed E-state index contributed by atoms with van der Waals surface area (Å²) in [6, 6.07) is 12.5. The summed E-state index contributed by atoms with van der Waals surface area (Å²) in [4.78, 5) is 47.6. The van der Waals surface area contributed by atoms with Crippen LogP contribution in [0.25, 0.3) is 0 Å². The van der Waals surface area contributed by atoms with E-state index in [1.165, 1.54) is 0 Å². The number of fused-ring (bicyclic) bond motifs is 6. The van der Waals surface area contributed by atoms with E-state index in [9.17, 15) is 34.5 Å². The molecule has 0 radical (unpaired) electrons. The van der Waals surface area contributed by atoms with Crippen LogP contribution < -0.4 is 0 Å². The standard InChI is InChI=1S/C21H28O5.C15H13NO3/c1-19-7-5-13(23)9-12(19)3-4-14-15-6-8-21(26,17(25)11-22)20(15,2)10-16(24)18(14)19;17-14(10-4-2-1-3-5-10)13-7-6-12-11(15(18)19)8-9-16(12)13/h5,7,9,14-16,18,22,24,26H,3-4,6,8,10-11H2,1-2H3;1-7,11H,8-9H2,(H,18,19)/t14-,15-,16-,18+,19-,20-,21-;/m0./s1. The number of benzene rings is 1. The molecule has 5 aliphatic rings. The average Bonchev–Trinajstić information content (AvgIpc) is 3.70. The second kappa shape index (κ2) is 11.3. The van der Waals surface area contributed by atoms with E-state index in [2.05, 4.69) is 6.92 Å². The van der Waals surface area contributed by atoms with Crippen LogP contribution in [0, 0.1) is 28.6 Å². The van der Waals surface area contributed by atoms with E-state index < -0.39 is 41.4 Å². The molecule has 1 aliphatic heterocycles. The molecule has 9 heteroatoms. The quantitative estimate of drug-likeness (QED) is 0.370. The van der Waals surface area contributed by atoms with Crippen molar-refractivity contribution in [2.24, 2.45) is 28.6 Å². The predicted molar refractivity (Wildman–Crippen MR) is 164 cm³/mol. The van der Waals surface area contributed by atoms with Crippen LogP contribution in [0.15, 0.2) is 66.3 Å². The van der Waals surface area contributed by atoms with Crippen LogP contribution in [0.1, 0.15) is 80.0 Å². The van der Waals surface area contributed by atoms with Gasteiger partial charge >= 0.3 is 5.97 Å². The lowest BCUT2D eigenvalue weighted by atomic mass is 9.46. The first-order valence-corrected chi connectivity index (χ1v) is 15.9. The number of carboxylic acid groups (broad SMARTS) is 1. The largest absolute Gasteiger partial charge is 0.481 e. The lowest BCUT2D eigenvalue weighted by Gasteiger charge is -2.59. The zero-order valence-electron chi connectivity index (χ0n) is 25.7. The summed E-state index contributed by atoms with van der Waals surface area (Å²) in [5.74, 6) is -1.60.